The first-order valence-electron chi connectivity index (χ1n) is 9.04. The summed E-state index contributed by atoms with van der Waals surface area (Å²) in [7, 11) is 0. The monoisotopic (exact) mass is 336 g/mol. The van der Waals surface area contributed by atoms with Crippen LogP contribution in [0.5, 0.6) is 0 Å². The fraction of sp³-hybridized carbons (Fsp3) is 0.421. The maximum absolute atomic E-state index is 4.45. The highest BCUT2D eigenvalue weighted by molar-refractivity contribution is 5.42. The average Bonchev–Trinajstić information content (AvgIpc) is 3.12. The molecule has 1 aliphatic heterocycles. The van der Waals surface area contributed by atoms with Crippen LogP contribution in [0.15, 0.2) is 48.8 Å². The summed E-state index contributed by atoms with van der Waals surface area (Å²) < 4.78 is 1.70. The smallest absolute Gasteiger partial charge is 0.177 e. The van der Waals surface area contributed by atoms with Crippen LogP contribution < -0.4 is 5.32 Å². The molecule has 4 rings (SSSR count). The van der Waals surface area contributed by atoms with E-state index in [0.29, 0.717) is 0 Å². The Morgan fingerprint density at radius 2 is 1.88 bits per heavy atom. The van der Waals surface area contributed by atoms with Gasteiger partial charge in [-0.2, -0.15) is 4.52 Å². The molecule has 1 N–H and O–H groups in total. The average molecular weight is 336 g/mol. The van der Waals surface area contributed by atoms with E-state index in [1.54, 1.807) is 10.8 Å². The summed E-state index contributed by atoms with van der Waals surface area (Å²) in [6.45, 7) is 4.44. The van der Waals surface area contributed by atoms with E-state index in [2.05, 4.69) is 55.8 Å². The number of anilines is 1. The Morgan fingerprint density at radius 3 is 2.72 bits per heavy atom. The van der Waals surface area contributed by atoms with Gasteiger partial charge >= 0.3 is 0 Å². The van der Waals surface area contributed by atoms with Crippen LogP contribution in [0.25, 0.3) is 5.65 Å². The summed E-state index contributed by atoms with van der Waals surface area (Å²) in [4.78, 5) is 2.57. The fourth-order valence-electron chi connectivity index (χ4n) is 3.50. The molecule has 25 heavy (non-hydrogen) atoms. The maximum atomic E-state index is 4.45. The molecule has 1 saturated heterocycles. The summed E-state index contributed by atoms with van der Waals surface area (Å²) in [6, 6.07) is 14.7. The number of piperidine rings is 1. The van der Waals surface area contributed by atoms with Gasteiger partial charge in [-0.15, -0.1) is 15.3 Å². The molecule has 130 valence electrons. The second kappa shape index (κ2) is 7.61. The molecule has 0 saturated carbocycles. The molecule has 0 amide bonds. The predicted octanol–water partition coefficient (Wildman–Crippen LogP) is 2.84. The van der Waals surface area contributed by atoms with Gasteiger partial charge in [-0.3, -0.25) is 4.90 Å². The first-order valence-corrected chi connectivity index (χ1v) is 9.04. The van der Waals surface area contributed by atoms with Gasteiger partial charge in [0.25, 0.3) is 0 Å². The van der Waals surface area contributed by atoms with E-state index in [4.69, 9.17) is 0 Å². The summed E-state index contributed by atoms with van der Waals surface area (Å²) in [5.41, 5.74) is 2.19. The van der Waals surface area contributed by atoms with Crippen LogP contribution in [0.2, 0.25) is 0 Å². The lowest BCUT2D eigenvalue weighted by Gasteiger charge is -2.32. The third-order valence-electron chi connectivity index (χ3n) is 4.98. The Morgan fingerprint density at radius 1 is 1.04 bits per heavy atom. The normalized spacial score (nSPS) is 16.3. The minimum absolute atomic E-state index is 0.774. The van der Waals surface area contributed by atoms with Gasteiger partial charge in [-0.05, 0) is 56.0 Å². The quantitative estimate of drug-likeness (QED) is 0.750. The van der Waals surface area contributed by atoms with Crippen LogP contribution >= 0.6 is 0 Å². The van der Waals surface area contributed by atoms with Crippen molar-refractivity contribution in [2.45, 2.75) is 25.8 Å². The van der Waals surface area contributed by atoms with E-state index in [-0.39, 0.29) is 0 Å². The number of benzene rings is 1. The van der Waals surface area contributed by atoms with Crippen molar-refractivity contribution in [1.29, 1.82) is 0 Å². The van der Waals surface area contributed by atoms with Crippen LogP contribution in [0.4, 0.5) is 5.82 Å². The fourth-order valence-corrected chi connectivity index (χ4v) is 3.50. The van der Waals surface area contributed by atoms with Gasteiger partial charge in [0.15, 0.2) is 5.65 Å². The van der Waals surface area contributed by atoms with Crippen LogP contribution in [0.1, 0.15) is 24.8 Å². The maximum Gasteiger partial charge on any atom is 0.177 e. The number of nitrogens with zero attached hydrogens (tertiary/aromatic N) is 5. The molecule has 0 bridgehead atoms. The summed E-state index contributed by atoms with van der Waals surface area (Å²) >= 11 is 0. The van der Waals surface area contributed by atoms with Crippen molar-refractivity contribution in [3.63, 3.8) is 0 Å². The molecule has 2 aromatic heterocycles. The van der Waals surface area contributed by atoms with E-state index >= 15 is 0 Å². The standard InChI is InChI=1S/C19H24N6/c1-2-4-17(5-3-1)14-24-12-9-16(10-13-24)8-11-20-18-6-7-19-22-21-15-25(19)23-18/h1-7,15-16H,8-14H2,(H,20,23). The summed E-state index contributed by atoms with van der Waals surface area (Å²) in [5, 5.41) is 15.7. The topological polar surface area (TPSA) is 58.3 Å². The van der Waals surface area contributed by atoms with Crippen molar-refractivity contribution in [3.05, 3.63) is 54.4 Å². The first kappa shape index (κ1) is 16.0. The highest BCUT2D eigenvalue weighted by Gasteiger charge is 2.18. The van der Waals surface area contributed by atoms with E-state index in [1.165, 1.54) is 37.9 Å². The number of rotatable bonds is 6. The number of aromatic nitrogens is 4. The molecule has 1 fully saturated rings. The minimum Gasteiger partial charge on any atom is -0.369 e. The first-order chi connectivity index (χ1) is 12.4. The Balaban J connectivity index is 1.20. The molecule has 6 heteroatoms. The lowest BCUT2D eigenvalue weighted by atomic mass is 9.93. The summed E-state index contributed by atoms with van der Waals surface area (Å²) in [6.07, 6.45) is 5.39. The van der Waals surface area contributed by atoms with Gasteiger partial charge in [0.05, 0.1) is 0 Å². The Hall–Kier alpha value is -2.47. The van der Waals surface area contributed by atoms with Crippen LogP contribution in [0, 0.1) is 5.92 Å². The largest absolute Gasteiger partial charge is 0.369 e. The molecule has 0 unspecified atom stereocenters. The zero-order chi connectivity index (χ0) is 16.9. The van der Waals surface area contributed by atoms with Crippen molar-refractivity contribution < 1.29 is 0 Å². The van der Waals surface area contributed by atoms with E-state index in [0.717, 1.165) is 30.5 Å². The van der Waals surface area contributed by atoms with Crippen molar-refractivity contribution in [3.8, 4) is 0 Å². The molecular weight excluding hydrogens is 312 g/mol. The molecule has 3 aromatic rings. The minimum atomic E-state index is 0.774. The zero-order valence-corrected chi connectivity index (χ0v) is 14.4. The van der Waals surface area contributed by atoms with Gasteiger partial charge < -0.3 is 5.32 Å². The van der Waals surface area contributed by atoms with Crippen molar-refractivity contribution in [1.82, 2.24) is 24.7 Å². The van der Waals surface area contributed by atoms with E-state index in [1.807, 2.05) is 12.1 Å². The number of fused-ring (bicyclic) bond motifs is 1. The van der Waals surface area contributed by atoms with E-state index in [9.17, 15) is 0 Å². The van der Waals surface area contributed by atoms with Crippen molar-refractivity contribution >= 4 is 11.5 Å². The van der Waals surface area contributed by atoms with Crippen molar-refractivity contribution in [2.75, 3.05) is 25.0 Å². The highest BCUT2D eigenvalue weighted by atomic mass is 15.4. The van der Waals surface area contributed by atoms with Crippen LogP contribution in [0.3, 0.4) is 0 Å². The van der Waals surface area contributed by atoms with E-state index < -0.39 is 0 Å². The SMILES string of the molecule is c1ccc(CN2CCC(CCNc3ccc4nncn4n3)CC2)cc1. The molecule has 0 radical (unpaired) electrons. The summed E-state index contributed by atoms with van der Waals surface area (Å²) in [5.74, 6) is 1.69. The van der Waals surface area contributed by atoms with Gasteiger partial charge in [0, 0.05) is 13.1 Å². The third-order valence-corrected chi connectivity index (χ3v) is 4.98. The molecule has 3 heterocycles. The molecule has 0 aliphatic carbocycles. The third kappa shape index (κ3) is 4.14. The number of nitrogens with one attached hydrogen (secondary N) is 1. The van der Waals surface area contributed by atoms with Gasteiger partial charge in [0.1, 0.15) is 12.1 Å². The number of hydrogen-bond acceptors (Lipinski definition) is 5. The van der Waals surface area contributed by atoms with Gasteiger partial charge in [-0.1, -0.05) is 30.3 Å². The lowest BCUT2D eigenvalue weighted by molar-refractivity contribution is 0.174. The number of hydrogen-bond donors (Lipinski definition) is 1. The number of likely N-dealkylation sites (tertiary alicyclic amines) is 1. The van der Waals surface area contributed by atoms with Crippen LogP contribution in [-0.4, -0.2) is 44.3 Å². The molecule has 1 aliphatic rings. The zero-order valence-electron chi connectivity index (χ0n) is 14.4. The second-order valence-corrected chi connectivity index (χ2v) is 6.77. The second-order valence-electron chi connectivity index (χ2n) is 6.77. The van der Waals surface area contributed by atoms with Crippen molar-refractivity contribution in [2.24, 2.45) is 5.92 Å². The van der Waals surface area contributed by atoms with Gasteiger partial charge in [-0.25, -0.2) is 0 Å². The predicted molar refractivity (Wildman–Crippen MR) is 98.3 cm³/mol. The Kier molecular flexibility index (Phi) is 4.88. The molecular formula is C19H24N6. The van der Waals surface area contributed by atoms with Gasteiger partial charge in [0.2, 0.25) is 0 Å². The lowest BCUT2D eigenvalue weighted by Crippen LogP contribution is -2.33. The molecule has 1 aromatic carbocycles. The Bertz CT molecular complexity index is 792. The molecule has 6 nitrogen and oxygen atoms in total. The Labute approximate surface area is 147 Å². The van der Waals surface area contributed by atoms with Crippen LogP contribution in [-0.2, 0) is 6.54 Å². The molecule has 0 spiro atoms. The molecule has 0 atom stereocenters. The highest BCUT2D eigenvalue weighted by Crippen LogP contribution is 2.22.